The van der Waals surface area contributed by atoms with E-state index in [0.717, 1.165) is 6.42 Å². The molecule has 0 bridgehead atoms. The molecule has 1 unspecified atom stereocenters. The summed E-state index contributed by atoms with van der Waals surface area (Å²) < 4.78 is 0. The third-order valence-corrected chi connectivity index (χ3v) is 3.13. The zero-order valence-corrected chi connectivity index (χ0v) is 12.1. The average molecular weight is 277 g/mol. The van der Waals surface area contributed by atoms with Crippen LogP contribution in [0.1, 0.15) is 37.0 Å². The van der Waals surface area contributed by atoms with Gasteiger partial charge in [-0.3, -0.25) is 9.59 Å². The Kier molecular flexibility index (Phi) is 6.73. The molecule has 0 fully saturated rings. The molecule has 2 amide bonds. The smallest absolute Gasteiger partial charge is 0.251 e. The minimum absolute atomic E-state index is 0.0738. The lowest BCUT2D eigenvalue weighted by Gasteiger charge is -2.12. The van der Waals surface area contributed by atoms with Crippen LogP contribution in [0.2, 0.25) is 0 Å². The molecule has 0 aliphatic heterocycles. The third kappa shape index (κ3) is 5.01. The van der Waals surface area contributed by atoms with Crippen LogP contribution < -0.4 is 16.4 Å². The molecule has 110 valence electrons. The van der Waals surface area contributed by atoms with Gasteiger partial charge in [-0.05, 0) is 37.6 Å². The highest BCUT2D eigenvalue weighted by atomic mass is 16.2. The summed E-state index contributed by atoms with van der Waals surface area (Å²) in [6.07, 6.45) is 1.28. The molecule has 0 heterocycles. The summed E-state index contributed by atoms with van der Waals surface area (Å²) in [5.41, 5.74) is 6.76. The molecule has 4 N–H and O–H groups in total. The lowest BCUT2D eigenvalue weighted by Crippen LogP contribution is -2.23. The Morgan fingerprint density at radius 2 is 2.05 bits per heavy atom. The Labute approximate surface area is 119 Å². The molecule has 1 aromatic carbocycles. The number of nitrogens with one attached hydrogen (secondary N) is 2. The van der Waals surface area contributed by atoms with E-state index in [1.807, 2.05) is 13.8 Å². The van der Waals surface area contributed by atoms with E-state index in [-0.39, 0.29) is 17.7 Å². The molecule has 0 saturated heterocycles. The molecule has 0 aromatic heterocycles. The van der Waals surface area contributed by atoms with Gasteiger partial charge in [0.1, 0.15) is 0 Å². The predicted molar refractivity (Wildman–Crippen MR) is 80.5 cm³/mol. The van der Waals surface area contributed by atoms with Crippen molar-refractivity contribution in [3.63, 3.8) is 0 Å². The highest BCUT2D eigenvalue weighted by Gasteiger charge is 2.11. The van der Waals surface area contributed by atoms with Gasteiger partial charge in [0.25, 0.3) is 5.91 Å². The summed E-state index contributed by atoms with van der Waals surface area (Å²) in [4.78, 5) is 23.6. The number of hydrogen-bond acceptors (Lipinski definition) is 3. The molecule has 20 heavy (non-hydrogen) atoms. The molecule has 0 aliphatic carbocycles. The monoisotopic (exact) mass is 277 g/mol. The number of benzene rings is 1. The fraction of sp³-hybridized carbons (Fsp3) is 0.467. The minimum atomic E-state index is -0.142. The van der Waals surface area contributed by atoms with Gasteiger partial charge in [0, 0.05) is 24.2 Å². The van der Waals surface area contributed by atoms with Crippen LogP contribution >= 0.6 is 0 Å². The normalized spacial score (nSPS) is 11.8. The average Bonchev–Trinajstić information content (AvgIpc) is 2.45. The van der Waals surface area contributed by atoms with E-state index in [1.165, 1.54) is 0 Å². The van der Waals surface area contributed by atoms with Crippen molar-refractivity contribution in [2.24, 2.45) is 11.7 Å². The topological polar surface area (TPSA) is 84.2 Å². The minimum Gasteiger partial charge on any atom is -0.352 e. The second kappa shape index (κ2) is 8.32. The highest BCUT2D eigenvalue weighted by Crippen LogP contribution is 2.13. The molecular weight excluding hydrogens is 254 g/mol. The van der Waals surface area contributed by atoms with E-state index in [1.54, 1.807) is 24.3 Å². The molecular formula is C15H23N3O2. The van der Waals surface area contributed by atoms with Crippen molar-refractivity contribution in [2.45, 2.75) is 26.7 Å². The zero-order chi connectivity index (χ0) is 15.0. The van der Waals surface area contributed by atoms with Crippen LogP contribution in [0, 0.1) is 5.92 Å². The number of carbonyl (C=O) groups excluding carboxylic acids is 2. The quantitative estimate of drug-likeness (QED) is 0.710. The summed E-state index contributed by atoms with van der Waals surface area (Å²) >= 11 is 0. The van der Waals surface area contributed by atoms with E-state index in [9.17, 15) is 9.59 Å². The largest absolute Gasteiger partial charge is 0.352 e. The van der Waals surface area contributed by atoms with Crippen molar-refractivity contribution in [1.29, 1.82) is 0 Å². The Morgan fingerprint density at radius 3 is 2.65 bits per heavy atom. The van der Waals surface area contributed by atoms with Gasteiger partial charge in [0.15, 0.2) is 0 Å². The van der Waals surface area contributed by atoms with Gasteiger partial charge >= 0.3 is 0 Å². The number of amides is 2. The lowest BCUT2D eigenvalue weighted by molar-refractivity contribution is -0.117. The Hall–Kier alpha value is -1.88. The fourth-order valence-electron chi connectivity index (χ4n) is 1.87. The molecule has 1 atom stereocenters. The Balaban J connectivity index is 2.66. The summed E-state index contributed by atoms with van der Waals surface area (Å²) in [5.74, 6) is -0.0195. The van der Waals surface area contributed by atoms with Gasteiger partial charge < -0.3 is 16.4 Å². The van der Waals surface area contributed by atoms with Crippen LogP contribution in [-0.4, -0.2) is 24.9 Å². The molecule has 1 rings (SSSR count). The van der Waals surface area contributed by atoms with Crippen molar-refractivity contribution in [2.75, 3.05) is 18.4 Å². The Bertz CT molecular complexity index is 456. The van der Waals surface area contributed by atoms with Gasteiger partial charge in [-0.25, -0.2) is 0 Å². The second-order valence-electron chi connectivity index (χ2n) is 4.70. The van der Waals surface area contributed by atoms with Crippen LogP contribution in [0.25, 0.3) is 0 Å². The molecule has 0 spiro atoms. The van der Waals surface area contributed by atoms with Crippen LogP contribution in [0.15, 0.2) is 24.3 Å². The summed E-state index contributed by atoms with van der Waals surface area (Å²) in [7, 11) is 0. The lowest BCUT2D eigenvalue weighted by atomic mass is 10.0. The maximum Gasteiger partial charge on any atom is 0.251 e. The van der Waals surface area contributed by atoms with Crippen molar-refractivity contribution >= 4 is 17.5 Å². The maximum absolute atomic E-state index is 11.9. The first-order valence-electron chi connectivity index (χ1n) is 6.98. The van der Waals surface area contributed by atoms with Crippen molar-refractivity contribution in [3.8, 4) is 0 Å². The third-order valence-electron chi connectivity index (χ3n) is 3.13. The number of anilines is 1. The number of carbonyl (C=O) groups is 2. The van der Waals surface area contributed by atoms with Crippen LogP contribution in [-0.2, 0) is 4.79 Å². The van der Waals surface area contributed by atoms with Gasteiger partial charge in [0.05, 0.1) is 0 Å². The molecule has 1 aromatic rings. The predicted octanol–water partition coefficient (Wildman–Crippen LogP) is 1.75. The maximum atomic E-state index is 11.9. The van der Waals surface area contributed by atoms with Crippen LogP contribution in [0.4, 0.5) is 5.69 Å². The molecule has 5 nitrogen and oxygen atoms in total. The van der Waals surface area contributed by atoms with Crippen LogP contribution in [0.3, 0.4) is 0 Å². The van der Waals surface area contributed by atoms with Gasteiger partial charge in [-0.2, -0.15) is 0 Å². The van der Waals surface area contributed by atoms with E-state index in [4.69, 9.17) is 5.73 Å². The number of hydrogen-bond donors (Lipinski definition) is 3. The Morgan fingerprint density at radius 1 is 1.30 bits per heavy atom. The van der Waals surface area contributed by atoms with Crippen molar-refractivity contribution < 1.29 is 9.59 Å². The van der Waals surface area contributed by atoms with E-state index < -0.39 is 0 Å². The van der Waals surface area contributed by atoms with Crippen LogP contribution in [0.5, 0.6) is 0 Å². The number of rotatable bonds is 7. The van der Waals surface area contributed by atoms with Gasteiger partial charge in [0.2, 0.25) is 5.91 Å². The van der Waals surface area contributed by atoms with E-state index in [2.05, 4.69) is 10.6 Å². The first-order valence-corrected chi connectivity index (χ1v) is 6.98. The van der Waals surface area contributed by atoms with Gasteiger partial charge in [-0.15, -0.1) is 0 Å². The van der Waals surface area contributed by atoms with E-state index in [0.29, 0.717) is 30.8 Å². The molecule has 5 heteroatoms. The SMILES string of the molecule is CCNC(=O)c1cccc(NC(=O)CC(CC)CN)c1. The fourth-order valence-corrected chi connectivity index (χ4v) is 1.87. The first kappa shape index (κ1) is 16.2. The van der Waals surface area contributed by atoms with E-state index >= 15 is 0 Å². The summed E-state index contributed by atoms with van der Waals surface area (Å²) in [6, 6.07) is 6.91. The summed E-state index contributed by atoms with van der Waals surface area (Å²) in [6.45, 7) is 4.95. The van der Waals surface area contributed by atoms with Gasteiger partial charge in [-0.1, -0.05) is 19.4 Å². The number of nitrogens with two attached hydrogens (primary N) is 1. The molecule has 0 saturated carbocycles. The zero-order valence-electron chi connectivity index (χ0n) is 12.1. The first-order chi connectivity index (χ1) is 9.60. The second-order valence-corrected chi connectivity index (χ2v) is 4.70. The summed E-state index contributed by atoms with van der Waals surface area (Å²) in [5, 5.41) is 5.53. The standard InChI is InChI=1S/C15H23N3O2/c1-3-11(10-16)8-14(19)18-13-7-5-6-12(9-13)15(20)17-4-2/h5-7,9,11H,3-4,8,10,16H2,1-2H3,(H,17,20)(H,18,19). The molecule has 0 aliphatic rings. The highest BCUT2D eigenvalue weighted by molar-refractivity contribution is 5.97. The van der Waals surface area contributed by atoms with Crippen molar-refractivity contribution in [3.05, 3.63) is 29.8 Å². The van der Waals surface area contributed by atoms with Crippen molar-refractivity contribution in [1.82, 2.24) is 5.32 Å². The molecule has 0 radical (unpaired) electrons.